The van der Waals surface area contributed by atoms with E-state index in [4.69, 9.17) is 0 Å². The lowest BCUT2D eigenvalue weighted by Crippen LogP contribution is -2.61. The first kappa shape index (κ1) is 17.3. The summed E-state index contributed by atoms with van der Waals surface area (Å²) in [6, 6.07) is 11.3. The highest BCUT2D eigenvalue weighted by Crippen LogP contribution is 2.27. The highest BCUT2D eigenvalue weighted by atomic mass is 16.6. The molecule has 132 valence electrons. The van der Waals surface area contributed by atoms with E-state index in [1.807, 2.05) is 6.07 Å². The molecule has 0 N–H and O–H groups in total. The van der Waals surface area contributed by atoms with Gasteiger partial charge in [-0.3, -0.25) is 15.0 Å². The van der Waals surface area contributed by atoms with Gasteiger partial charge in [0.15, 0.2) is 0 Å². The lowest BCUT2D eigenvalue weighted by atomic mass is 9.99. The summed E-state index contributed by atoms with van der Waals surface area (Å²) in [5, 5.41) is 10.8. The minimum absolute atomic E-state index is 0.0831. The topological polar surface area (TPSA) is 75.4 Å². The second-order valence-electron chi connectivity index (χ2n) is 6.64. The van der Waals surface area contributed by atoms with Crippen molar-refractivity contribution in [2.24, 2.45) is 0 Å². The molecule has 0 radical (unpaired) electrons. The van der Waals surface area contributed by atoms with E-state index in [0.29, 0.717) is 18.0 Å². The van der Waals surface area contributed by atoms with Crippen molar-refractivity contribution in [3.63, 3.8) is 0 Å². The van der Waals surface area contributed by atoms with Gasteiger partial charge in [-0.25, -0.2) is 9.97 Å². The summed E-state index contributed by atoms with van der Waals surface area (Å²) in [6.45, 7) is 8.25. The maximum Gasteiger partial charge on any atom is 0.305 e. The van der Waals surface area contributed by atoms with Gasteiger partial charge >= 0.3 is 5.69 Å². The van der Waals surface area contributed by atoms with Gasteiger partial charge in [-0.1, -0.05) is 30.3 Å². The lowest BCUT2D eigenvalue weighted by molar-refractivity contribution is -0.385. The Hall–Kier alpha value is -2.54. The molecule has 1 aliphatic heterocycles. The largest absolute Gasteiger partial charge is 0.335 e. The molecule has 3 atom stereocenters. The molecule has 2 aromatic rings. The smallest absolute Gasteiger partial charge is 0.305 e. The Labute approximate surface area is 147 Å². The highest BCUT2D eigenvalue weighted by Gasteiger charge is 2.36. The van der Waals surface area contributed by atoms with Crippen LogP contribution in [-0.4, -0.2) is 44.5 Å². The molecular weight excluding hydrogens is 318 g/mol. The van der Waals surface area contributed by atoms with E-state index in [1.165, 1.54) is 18.0 Å². The van der Waals surface area contributed by atoms with Crippen LogP contribution < -0.4 is 4.90 Å². The zero-order valence-electron chi connectivity index (χ0n) is 14.7. The number of rotatable bonds is 4. The number of hydrogen-bond acceptors (Lipinski definition) is 6. The van der Waals surface area contributed by atoms with Gasteiger partial charge in [0, 0.05) is 31.2 Å². The van der Waals surface area contributed by atoms with Crippen LogP contribution in [-0.2, 0) is 6.54 Å². The van der Waals surface area contributed by atoms with Crippen LogP contribution in [0.25, 0.3) is 0 Å². The number of hydrogen-bond donors (Lipinski definition) is 0. The number of anilines is 1. The van der Waals surface area contributed by atoms with Crippen LogP contribution in [0.4, 0.5) is 11.6 Å². The van der Waals surface area contributed by atoms with E-state index in [9.17, 15) is 10.1 Å². The van der Waals surface area contributed by atoms with Gasteiger partial charge in [0.25, 0.3) is 0 Å². The van der Waals surface area contributed by atoms with E-state index < -0.39 is 4.92 Å². The first-order valence-corrected chi connectivity index (χ1v) is 8.50. The summed E-state index contributed by atoms with van der Waals surface area (Å²) in [5.74, 6) is 0.552. The summed E-state index contributed by atoms with van der Waals surface area (Å²) in [5.41, 5.74) is 1.22. The van der Waals surface area contributed by atoms with E-state index in [-0.39, 0.29) is 11.7 Å². The van der Waals surface area contributed by atoms with Gasteiger partial charge in [0.2, 0.25) is 5.95 Å². The molecule has 7 heteroatoms. The third kappa shape index (κ3) is 3.61. The van der Waals surface area contributed by atoms with Crippen molar-refractivity contribution < 1.29 is 4.92 Å². The van der Waals surface area contributed by atoms with Gasteiger partial charge in [-0.15, -0.1) is 0 Å². The Bertz CT molecular complexity index is 722. The summed E-state index contributed by atoms with van der Waals surface area (Å²) in [4.78, 5) is 23.3. The van der Waals surface area contributed by atoms with Gasteiger partial charge in [-0.2, -0.15) is 0 Å². The maximum atomic E-state index is 10.8. The van der Waals surface area contributed by atoms with Gasteiger partial charge < -0.3 is 4.90 Å². The summed E-state index contributed by atoms with van der Waals surface area (Å²) in [7, 11) is 0. The number of nitrogens with zero attached hydrogens (tertiary/aromatic N) is 5. The molecule has 1 aromatic carbocycles. The van der Waals surface area contributed by atoms with Crippen LogP contribution in [0, 0.1) is 10.1 Å². The van der Waals surface area contributed by atoms with Crippen molar-refractivity contribution in [3.8, 4) is 0 Å². The molecule has 3 unspecified atom stereocenters. The normalized spacial score (nSPS) is 24.3. The van der Waals surface area contributed by atoms with Crippen LogP contribution in [0.3, 0.4) is 0 Å². The van der Waals surface area contributed by atoms with Crippen LogP contribution in [0.15, 0.2) is 42.7 Å². The van der Waals surface area contributed by atoms with Crippen molar-refractivity contribution in [3.05, 3.63) is 58.4 Å². The number of piperazine rings is 1. The third-order valence-corrected chi connectivity index (χ3v) is 5.04. The summed E-state index contributed by atoms with van der Waals surface area (Å²) >= 11 is 0. The fourth-order valence-corrected chi connectivity index (χ4v) is 3.41. The molecule has 1 aliphatic rings. The molecule has 7 nitrogen and oxygen atoms in total. The van der Waals surface area contributed by atoms with Crippen LogP contribution >= 0.6 is 0 Å². The van der Waals surface area contributed by atoms with Gasteiger partial charge in [0.1, 0.15) is 12.4 Å². The van der Waals surface area contributed by atoms with E-state index in [1.54, 1.807) is 0 Å². The average Bonchev–Trinajstić information content (AvgIpc) is 2.63. The Morgan fingerprint density at radius 3 is 2.36 bits per heavy atom. The molecule has 25 heavy (non-hydrogen) atoms. The average molecular weight is 341 g/mol. The lowest BCUT2D eigenvalue weighted by Gasteiger charge is -2.48. The first-order valence-electron chi connectivity index (χ1n) is 8.50. The predicted octanol–water partition coefficient (Wildman–Crippen LogP) is 2.87. The fraction of sp³-hybridized carbons (Fsp3) is 0.444. The van der Waals surface area contributed by atoms with Crippen molar-refractivity contribution >= 4 is 11.6 Å². The van der Waals surface area contributed by atoms with Gasteiger partial charge in [0.05, 0.1) is 4.92 Å². The van der Waals surface area contributed by atoms with E-state index >= 15 is 0 Å². The van der Waals surface area contributed by atoms with Crippen molar-refractivity contribution in [2.75, 3.05) is 11.4 Å². The van der Waals surface area contributed by atoms with Crippen molar-refractivity contribution in [1.29, 1.82) is 0 Å². The molecule has 0 aliphatic carbocycles. The number of nitro groups is 1. The molecule has 1 saturated heterocycles. The molecular formula is C18H23N5O2. The molecule has 1 fully saturated rings. The second-order valence-corrected chi connectivity index (χ2v) is 6.64. The minimum Gasteiger partial charge on any atom is -0.335 e. The highest BCUT2D eigenvalue weighted by molar-refractivity contribution is 5.37. The fourth-order valence-electron chi connectivity index (χ4n) is 3.41. The van der Waals surface area contributed by atoms with Crippen LogP contribution in [0.5, 0.6) is 0 Å². The summed E-state index contributed by atoms with van der Waals surface area (Å²) < 4.78 is 0. The van der Waals surface area contributed by atoms with E-state index in [2.05, 4.69) is 64.8 Å². The zero-order chi connectivity index (χ0) is 18.0. The third-order valence-electron chi connectivity index (χ3n) is 5.04. The zero-order valence-corrected chi connectivity index (χ0v) is 14.7. The number of benzene rings is 1. The Morgan fingerprint density at radius 2 is 1.76 bits per heavy atom. The Balaban J connectivity index is 1.76. The second kappa shape index (κ2) is 7.14. The van der Waals surface area contributed by atoms with Crippen molar-refractivity contribution in [1.82, 2.24) is 14.9 Å². The molecule has 1 aromatic heterocycles. The molecule has 0 bridgehead atoms. The molecule has 2 heterocycles. The maximum absolute atomic E-state index is 10.8. The quantitative estimate of drug-likeness (QED) is 0.629. The first-order chi connectivity index (χ1) is 12.0. The monoisotopic (exact) mass is 341 g/mol. The molecule has 0 spiro atoms. The molecule has 0 amide bonds. The Kier molecular flexibility index (Phi) is 4.94. The summed E-state index contributed by atoms with van der Waals surface area (Å²) in [6.07, 6.45) is 2.56. The van der Waals surface area contributed by atoms with Gasteiger partial charge in [-0.05, 0) is 26.3 Å². The standard InChI is InChI=1S/C18H23N5O2/c1-13-11-22(18-19-9-17(10-20-18)23(24)25)15(3)14(2)21(13)12-16-7-5-4-6-8-16/h4-10,13-15H,11-12H2,1-3H3. The predicted molar refractivity (Wildman–Crippen MR) is 96.4 cm³/mol. The number of aromatic nitrogens is 2. The SMILES string of the molecule is CC1C(C)N(Cc2ccccc2)C(C)CN1c1ncc([N+](=O)[O-])cn1. The molecule has 0 saturated carbocycles. The van der Waals surface area contributed by atoms with E-state index in [0.717, 1.165) is 13.1 Å². The molecule has 3 rings (SSSR count). The Morgan fingerprint density at radius 1 is 1.12 bits per heavy atom. The van der Waals surface area contributed by atoms with Crippen LogP contribution in [0.2, 0.25) is 0 Å². The van der Waals surface area contributed by atoms with Crippen molar-refractivity contribution in [2.45, 2.75) is 45.4 Å². The minimum atomic E-state index is -0.476. The van der Waals surface area contributed by atoms with Crippen LogP contribution in [0.1, 0.15) is 26.3 Å².